The molecule has 1 aromatic carbocycles. The lowest BCUT2D eigenvalue weighted by Crippen LogP contribution is -2.55. The number of amides is 1. The minimum absolute atomic E-state index is 0. The summed E-state index contributed by atoms with van der Waals surface area (Å²) in [6.07, 6.45) is 6.25. The first-order valence-corrected chi connectivity index (χ1v) is 8.80. The fourth-order valence-corrected chi connectivity index (χ4v) is 4.15. The molecule has 0 spiro atoms. The highest BCUT2D eigenvalue weighted by molar-refractivity contribution is 6.30. The van der Waals surface area contributed by atoms with Gasteiger partial charge in [-0.1, -0.05) is 36.6 Å². The third-order valence-corrected chi connectivity index (χ3v) is 5.58. The number of nitrogens with one attached hydrogen (secondary N) is 2. The molecule has 1 aromatic rings. The third kappa shape index (κ3) is 3.84. The number of hydrogen-bond donors (Lipinski definition) is 2. The van der Waals surface area contributed by atoms with Gasteiger partial charge >= 0.3 is 0 Å². The molecular formula is C18H26Cl2N2O. The van der Waals surface area contributed by atoms with Crippen LogP contribution >= 0.6 is 24.0 Å². The second-order valence-electron chi connectivity index (χ2n) is 6.76. The Morgan fingerprint density at radius 1 is 1.30 bits per heavy atom. The summed E-state index contributed by atoms with van der Waals surface area (Å²) in [7, 11) is 0. The zero-order valence-electron chi connectivity index (χ0n) is 13.6. The molecule has 1 heterocycles. The molecule has 1 saturated carbocycles. The van der Waals surface area contributed by atoms with Crippen LogP contribution in [-0.2, 0) is 10.2 Å². The molecule has 1 amide bonds. The Balaban J connectivity index is 0.00000192. The van der Waals surface area contributed by atoms with Crippen LogP contribution in [0.5, 0.6) is 0 Å². The van der Waals surface area contributed by atoms with E-state index < -0.39 is 0 Å². The summed E-state index contributed by atoms with van der Waals surface area (Å²) in [5.74, 6) is 0.188. The van der Waals surface area contributed by atoms with E-state index in [4.69, 9.17) is 11.6 Å². The highest BCUT2D eigenvalue weighted by atomic mass is 35.5. The maximum absolute atomic E-state index is 13.1. The lowest BCUT2D eigenvalue weighted by Gasteiger charge is -2.35. The molecule has 128 valence electrons. The van der Waals surface area contributed by atoms with Crippen molar-refractivity contribution in [3.05, 3.63) is 34.9 Å². The van der Waals surface area contributed by atoms with Crippen molar-refractivity contribution in [1.29, 1.82) is 0 Å². The molecule has 1 saturated heterocycles. The first-order valence-electron chi connectivity index (χ1n) is 8.42. The van der Waals surface area contributed by atoms with E-state index in [1.54, 1.807) is 0 Å². The maximum atomic E-state index is 13.1. The van der Waals surface area contributed by atoms with E-state index in [0.717, 1.165) is 50.6 Å². The van der Waals surface area contributed by atoms with Gasteiger partial charge in [-0.3, -0.25) is 4.79 Å². The number of carbonyl (C=O) groups is 1. The Bertz CT molecular complexity index is 544. The van der Waals surface area contributed by atoms with Gasteiger partial charge in [0.25, 0.3) is 0 Å². The molecule has 0 aromatic heterocycles. The first-order chi connectivity index (χ1) is 10.6. The zero-order chi connectivity index (χ0) is 15.6. The molecule has 2 unspecified atom stereocenters. The van der Waals surface area contributed by atoms with Gasteiger partial charge in [-0.2, -0.15) is 0 Å². The van der Waals surface area contributed by atoms with Crippen LogP contribution < -0.4 is 10.6 Å². The quantitative estimate of drug-likeness (QED) is 0.863. The van der Waals surface area contributed by atoms with Crippen LogP contribution in [-0.4, -0.2) is 24.5 Å². The highest BCUT2D eigenvalue weighted by Crippen LogP contribution is 2.42. The van der Waals surface area contributed by atoms with Crippen molar-refractivity contribution in [2.75, 3.05) is 6.54 Å². The topological polar surface area (TPSA) is 41.1 Å². The van der Waals surface area contributed by atoms with E-state index in [0.29, 0.717) is 11.1 Å². The monoisotopic (exact) mass is 356 g/mol. The minimum Gasteiger partial charge on any atom is -0.351 e. The van der Waals surface area contributed by atoms with Crippen LogP contribution in [0.4, 0.5) is 0 Å². The zero-order valence-corrected chi connectivity index (χ0v) is 15.2. The highest BCUT2D eigenvalue weighted by Gasteiger charge is 2.43. The van der Waals surface area contributed by atoms with Gasteiger partial charge in [0.15, 0.2) is 0 Å². The normalized spacial score (nSPS) is 26.3. The predicted molar refractivity (Wildman–Crippen MR) is 97.5 cm³/mol. The summed E-state index contributed by atoms with van der Waals surface area (Å²) in [6, 6.07) is 8.43. The van der Waals surface area contributed by atoms with Crippen LogP contribution in [0.25, 0.3) is 0 Å². The first kappa shape index (κ1) is 18.6. The van der Waals surface area contributed by atoms with E-state index in [2.05, 4.69) is 23.6 Å². The van der Waals surface area contributed by atoms with Crippen molar-refractivity contribution < 1.29 is 4.79 Å². The van der Waals surface area contributed by atoms with Crippen molar-refractivity contribution in [3.8, 4) is 0 Å². The molecule has 2 N–H and O–H groups in total. The molecule has 3 nitrogen and oxygen atoms in total. The molecule has 1 aliphatic heterocycles. The molecule has 0 radical (unpaired) electrons. The van der Waals surface area contributed by atoms with E-state index in [-0.39, 0.29) is 29.8 Å². The Morgan fingerprint density at radius 2 is 2.04 bits per heavy atom. The van der Waals surface area contributed by atoms with Gasteiger partial charge in [0, 0.05) is 17.1 Å². The number of halogens is 2. The number of carbonyl (C=O) groups excluding carboxylic acids is 1. The van der Waals surface area contributed by atoms with Gasteiger partial charge in [-0.25, -0.2) is 0 Å². The average Bonchev–Trinajstić information content (AvgIpc) is 3.00. The summed E-state index contributed by atoms with van der Waals surface area (Å²) in [5, 5.41) is 7.49. The van der Waals surface area contributed by atoms with Gasteiger partial charge in [0.2, 0.25) is 5.91 Å². The Hall–Kier alpha value is -0.770. The van der Waals surface area contributed by atoms with E-state index in [9.17, 15) is 4.79 Å². The average molecular weight is 357 g/mol. The van der Waals surface area contributed by atoms with E-state index >= 15 is 0 Å². The third-order valence-electron chi connectivity index (χ3n) is 5.35. The van der Waals surface area contributed by atoms with Crippen LogP contribution in [0.3, 0.4) is 0 Å². The molecule has 2 fully saturated rings. The van der Waals surface area contributed by atoms with Crippen molar-refractivity contribution in [3.63, 3.8) is 0 Å². The minimum atomic E-state index is -0.387. The summed E-state index contributed by atoms with van der Waals surface area (Å²) in [6.45, 7) is 3.21. The fourth-order valence-electron chi connectivity index (χ4n) is 3.96. The molecule has 2 atom stereocenters. The summed E-state index contributed by atoms with van der Waals surface area (Å²) < 4.78 is 0. The van der Waals surface area contributed by atoms with Gasteiger partial charge in [0.05, 0.1) is 5.41 Å². The molecule has 2 aliphatic rings. The van der Waals surface area contributed by atoms with Crippen molar-refractivity contribution in [1.82, 2.24) is 10.6 Å². The van der Waals surface area contributed by atoms with Crippen LogP contribution in [0.1, 0.15) is 51.0 Å². The number of piperidine rings is 1. The molecule has 5 heteroatoms. The second-order valence-corrected chi connectivity index (χ2v) is 7.20. The largest absolute Gasteiger partial charge is 0.351 e. The standard InChI is InChI=1S/C18H25ClN2O.ClH/c1-13-16(8-5-11-20-13)21-17(22)18(9-2-3-10-18)14-6-4-7-15(19)12-14;/h4,6-7,12-13,16,20H,2-3,5,8-11H2,1H3,(H,21,22);1H. The van der Waals surface area contributed by atoms with Gasteiger partial charge < -0.3 is 10.6 Å². The Labute approximate surface area is 150 Å². The van der Waals surface area contributed by atoms with Gasteiger partial charge in [-0.05, 0) is 56.8 Å². The summed E-state index contributed by atoms with van der Waals surface area (Å²) >= 11 is 6.16. The second kappa shape index (κ2) is 7.87. The van der Waals surface area contributed by atoms with Gasteiger partial charge in [-0.15, -0.1) is 12.4 Å². The van der Waals surface area contributed by atoms with Crippen molar-refractivity contribution in [2.24, 2.45) is 0 Å². The molecule has 0 bridgehead atoms. The van der Waals surface area contributed by atoms with E-state index in [1.165, 1.54) is 0 Å². The van der Waals surface area contributed by atoms with Crippen molar-refractivity contribution >= 4 is 29.9 Å². The van der Waals surface area contributed by atoms with E-state index in [1.807, 2.05) is 18.2 Å². The molecular weight excluding hydrogens is 331 g/mol. The Morgan fingerprint density at radius 3 is 2.70 bits per heavy atom. The smallest absolute Gasteiger partial charge is 0.230 e. The molecule has 3 rings (SSSR count). The number of rotatable bonds is 3. The summed E-state index contributed by atoms with van der Waals surface area (Å²) in [5.41, 5.74) is 0.689. The fraction of sp³-hybridized carbons (Fsp3) is 0.611. The van der Waals surface area contributed by atoms with Crippen LogP contribution in [0.15, 0.2) is 24.3 Å². The lowest BCUT2D eigenvalue weighted by molar-refractivity contribution is -0.127. The predicted octanol–water partition coefficient (Wildman–Crippen LogP) is 3.83. The maximum Gasteiger partial charge on any atom is 0.230 e. The van der Waals surface area contributed by atoms with Crippen molar-refractivity contribution in [2.45, 2.75) is 62.9 Å². The van der Waals surface area contributed by atoms with Gasteiger partial charge in [0.1, 0.15) is 0 Å². The molecule has 1 aliphatic carbocycles. The summed E-state index contributed by atoms with van der Waals surface area (Å²) in [4.78, 5) is 13.1. The van der Waals surface area contributed by atoms with Crippen LogP contribution in [0.2, 0.25) is 5.02 Å². The SMILES string of the molecule is CC1NCCCC1NC(=O)C1(c2cccc(Cl)c2)CCCC1.Cl. The lowest BCUT2D eigenvalue weighted by atomic mass is 9.77. The van der Waals surface area contributed by atoms with Crippen LogP contribution in [0, 0.1) is 0 Å². The molecule has 23 heavy (non-hydrogen) atoms. The number of benzene rings is 1. The Kier molecular flexibility index (Phi) is 6.35. The number of hydrogen-bond acceptors (Lipinski definition) is 2.